The van der Waals surface area contributed by atoms with Crippen LogP contribution in [0.3, 0.4) is 0 Å². The minimum atomic E-state index is -0.143. The molecule has 0 unspecified atom stereocenters. The smallest absolute Gasteiger partial charge is 0.256 e. The molecular weight excluding hydrogens is 354 g/mol. The number of hydrogen-bond acceptors (Lipinski definition) is 5. The zero-order valence-electron chi connectivity index (χ0n) is 16.5. The van der Waals surface area contributed by atoms with E-state index in [1.807, 2.05) is 27.0 Å². The Bertz CT molecular complexity index is 1020. The number of ether oxygens (including phenoxy) is 1. The Balaban J connectivity index is 1.58. The highest BCUT2D eigenvalue weighted by atomic mass is 16.5. The molecule has 0 spiro atoms. The van der Waals surface area contributed by atoms with Crippen LogP contribution in [-0.4, -0.2) is 51.9 Å². The van der Waals surface area contributed by atoms with E-state index in [1.165, 1.54) is 5.56 Å². The van der Waals surface area contributed by atoms with Crippen molar-refractivity contribution in [3.8, 4) is 0 Å². The molecular formula is C21H25N5O2. The average Bonchev–Trinajstić information content (AvgIpc) is 3.05. The van der Waals surface area contributed by atoms with Gasteiger partial charge in [0.15, 0.2) is 5.65 Å². The first-order valence-corrected chi connectivity index (χ1v) is 9.51. The number of morpholine rings is 1. The summed E-state index contributed by atoms with van der Waals surface area (Å²) in [5.41, 5.74) is 5.14. The Morgan fingerprint density at radius 3 is 2.79 bits per heavy atom. The van der Waals surface area contributed by atoms with Crippen molar-refractivity contribution >= 4 is 22.6 Å². The number of carbonyl (C=O) groups excluding carboxylic acids is 1. The summed E-state index contributed by atoms with van der Waals surface area (Å²) in [4.78, 5) is 19.9. The third kappa shape index (κ3) is 3.76. The highest BCUT2D eigenvalue weighted by Crippen LogP contribution is 2.22. The van der Waals surface area contributed by atoms with Gasteiger partial charge in [0, 0.05) is 38.1 Å². The quantitative estimate of drug-likeness (QED) is 0.755. The number of rotatable bonds is 4. The molecule has 0 bridgehead atoms. The van der Waals surface area contributed by atoms with Crippen LogP contribution < -0.4 is 5.32 Å². The van der Waals surface area contributed by atoms with E-state index in [2.05, 4.69) is 38.5 Å². The number of anilines is 1. The number of carbonyl (C=O) groups is 1. The lowest BCUT2D eigenvalue weighted by Gasteiger charge is -2.26. The van der Waals surface area contributed by atoms with Gasteiger partial charge in [0.25, 0.3) is 5.91 Å². The lowest BCUT2D eigenvalue weighted by Crippen LogP contribution is -2.35. The third-order valence-corrected chi connectivity index (χ3v) is 5.14. The molecule has 7 nitrogen and oxygen atoms in total. The first-order chi connectivity index (χ1) is 13.5. The average molecular weight is 379 g/mol. The summed E-state index contributed by atoms with van der Waals surface area (Å²) in [5, 5.41) is 8.09. The van der Waals surface area contributed by atoms with E-state index in [0.29, 0.717) is 11.2 Å². The number of aryl methyl sites for hydroxylation is 3. The molecule has 1 saturated heterocycles. The monoisotopic (exact) mass is 379 g/mol. The van der Waals surface area contributed by atoms with Gasteiger partial charge in [0.05, 0.1) is 30.4 Å². The largest absolute Gasteiger partial charge is 0.379 e. The first kappa shape index (κ1) is 18.6. The normalized spacial score (nSPS) is 15.1. The van der Waals surface area contributed by atoms with Gasteiger partial charge in [-0.15, -0.1) is 0 Å². The van der Waals surface area contributed by atoms with Gasteiger partial charge in [0.1, 0.15) is 0 Å². The van der Waals surface area contributed by atoms with E-state index in [1.54, 1.807) is 10.9 Å². The van der Waals surface area contributed by atoms with Crippen LogP contribution in [0.5, 0.6) is 0 Å². The molecule has 3 heterocycles. The number of benzene rings is 1. The summed E-state index contributed by atoms with van der Waals surface area (Å²) in [5.74, 6) is -0.143. The second-order valence-electron chi connectivity index (χ2n) is 7.31. The van der Waals surface area contributed by atoms with Crippen LogP contribution >= 0.6 is 0 Å². The molecule has 28 heavy (non-hydrogen) atoms. The van der Waals surface area contributed by atoms with E-state index >= 15 is 0 Å². The molecule has 0 aliphatic carbocycles. The summed E-state index contributed by atoms with van der Waals surface area (Å²) >= 11 is 0. The van der Waals surface area contributed by atoms with Crippen molar-refractivity contribution in [1.82, 2.24) is 19.7 Å². The minimum Gasteiger partial charge on any atom is -0.379 e. The van der Waals surface area contributed by atoms with Crippen molar-refractivity contribution in [3.63, 3.8) is 0 Å². The van der Waals surface area contributed by atoms with E-state index in [-0.39, 0.29) is 5.91 Å². The van der Waals surface area contributed by atoms with Crippen LogP contribution in [0.25, 0.3) is 11.0 Å². The number of aromatic nitrogens is 3. The highest BCUT2D eigenvalue weighted by molar-refractivity contribution is 6.12. The summed E-state index contributed by atoms with van der Waals surface area (Å²) in [6.45, 7) is 8.17. The Hall–Kier alpha value is -2.77. The molecule has 146 valence electrons. The standard InChI is InChI=1S/C21H25N5O2/c1-14-4-5-16(13-26-6-8-28-9-7-26)11-19(14)24-21(27)17-10-15(2)23-20-18(17)12-22-25(20)3/h4-5,10-12H,6-9,13H2,1-3H3,(H,24,27). The Morgan fingerprint density at radius 1 is 1.21 bits per heavy atom. The van der Waals surface area contributed by atoms with Crippen molar-refractivity contribution in [2.24, 2.45) is 7.05 Å². The van der Waals surface area contributed by atoms with Gasteiger partial charge >= 0.3 is 0 Å². The molecule has 1 fully saturated rings. The van der Waals surface area contributed by atoms with Gasteiger partial charge in [-0.2, -0.15) is 5.10 Å². The van der Waals surface area contributed by atoms with E-state index < -0.39 is 0 Å². The Labute approximate surface area is 164 Å². The Morgan fingerprint density at radius 2 is 2.00 bits per heavy atom. The van der Waals surface area contributed by atoms with Crippen molar-refractivity contribution in [2.45, 2.75) is 20.4 Å². The number of hydrogen-bond donors (Lipinski definition) is 1. The van der Waals surface area contributed by atoms with Crippen LogP contribution in [0.2, 0.25) is 0 Å². The van der Waals surface area contributed by atoms with Gasteiger partial charge in [0.2, 0.25) is 0 Å². The van der Waals surface area contributed by atoms with Gasteiger partial charge in [-0.1, -0.05) is 12.1 Å². The summed E-state index contributed by atoms with van der Waals surface area (Å²) in [6.07, 6.45) is 1.69. The van der Waals surface area contributed by atoms with Gasteiger partial charge in [-0.25, -0.2) is 4.98 Å². The fraction of sp³-hybridized carbons (Fsp3) is 0.381. The highest BCUT2D eigenvalue weighted by Gasteiger charge is 2.17. The number of amides is 1. The zero-order chi connectivity index (χ0) is 19.7. The lowest BCUT2D eigenvalue weighted by atomic mass is 10.1. The first-order valence-electron chi connectivity index (χ1n) is 9.51. The van der Waals surface area contributed by atoms with Crippen LogP contribution in [0.4, 0.5) is 5.69 Å². The van der Waals surface area contributed by atoms with Crippen molar-refractivity contribution in [2.75, 3.05) is 31.6 Å². The number of nitrogens with one attached hydrogen (secondary N) is 1. The molecule has 3 aromatic rings. The van der Waals surface area contributed by atoms with E-state index in [4.69, 9.17) is 4.74 Å². The number of nitrogens with zero attached hydrogens (tertiary/aromatic N) is 4. The van der Waals surface area contributed by atoms with Crippen LogP contribution in [0.15, 0.2) is 30.5 Å². The lowest BCUT2D eigenvalue weighted by molar-refractivity contribution is 0.0342. The SMILES string of the molecule is Cc1cc(C(=O)Nc2cc(CN3CCOCC3)ccc2C)c2cnn(C)c2n1. The maximum atomic E-state index is 13.0. The maximum absolute atomic E-state index is 13.0. The van der Waals surface area contributed by atoms with Crippen LogP contribution in [-0.2, 0) is 18.3 Å². The molecule has 7 heteroatoms. The fourth-order valence-electron chi connectivity index (χ4n) is 3.54. The molecule has 0 saturated carbocycles. The zero-order valence-corrected chi connectivity index (χ0v) is 16.5. The van der Waals surface area contributed by atoms with E-state index in [9.17, 15) is 4.79 Å². The Kier molecular flexibility index (Phi) is 5.11. The minimum absolute atomic E-state index is 0.143. The molecule has 0 radical (unpaired) electrons. The predicted octanol–water partition coefficient (Wildman–Crippen LogP) is 2.67. The van der Waals surface area contributed by atoms with Gasteiger partial charge in [-0.05, 0) is 37.1 Å². The second kappa shape index (κ2) is 7.69. The van der Waals surface area contributed by atoms with Crippen molar-refractivity contribution in [3.05, 3.63) is 52.8 Å². The molecule has 2 aromatic heterocycles. The molecule has 1 amide bonds. The molecule has 0 atom stereocenters. The fourth-order valence-corrected chi connectivity index (χ4v) is 3.54. The summed E-state index contributed by atoms with van der Waals surface area (Å²) in [6, 6.07) is 8.06. The van der Waals surface area contributed by atoms with E-state index in [0.717, 1.165) is 55.2 Å². The third-order valence-electron chi connectivity index (χ3n) is 5.14. The number of pyridine rings is 1. The number of fused-ring (bicyclic) bond motifs is 1. The molecule has 1 aromatic carbocycles. The predicted molar refractivity (Wildman–Crippen MR) is 108 cm³/mol. The molecule has 1 N–H and O–H groups in total. The van der Waals surface area contributed by atoms with Crippen LogP contribution in [0, 0.1) is 13.8 Å². The van der Waals surface area contributed by atoms with Gasteiger partial charge < -0.3 is 10.1 Å². The van der Waals surface area contributed by atoms with Crippen LogP contribution in [0.1, 0.15) is 27.2 Å². The van der Waals surface area contributed by atoms with Gasteiger partial charge in [-0.3, -0.25) is 14.4 Å². The summed E-state index contributed by atoms with van der Waals surface area (Å²) < 4.78 is 7.11. The molecule has 1 aliphatic rings. The molecule has 4 rings (SSSR count). The topological polar surface area (TPSA) is 72.3 Å². The maximum Gasteiger partial charge on any atom is 0.256 e. The summed E-state index contributed by atoms with van der Waals surface area (Å²) in [7, 11) is 1.83. The molecule has 1 aliphatic heterocycles. The van der Waals surface area contributed by atoms with Crippen molar-refractivity contribution < 1.29 is 9.53 Å². The second-order valence-corrected chi connectivity index (χ2v) is 7.31. The van der Waals surface area contributed by atoms with Crippen molar-refractivity contribution in [1.29, 1.82) is 0 Å².